The molecule has 1 heterocycles. The Kier molecular flexibility index (Phi) is 3.05. The molecule has 0 spiro atoms. The Hall–Kier alpha value is -0.880. The van der Waals surface area contributed by atoms with Crippen molar-refractivity contribution in [3.8, 4) is 0 Å². The van der Waals surface area contributed by atoms with Crippen molar-refractivity contribution in [2.24, 2.45) is 5.92 Å². The molecule has 1 aromatic rings. The van der Waals surface area contributed by atoms with E-state index >= 15 is 0 Å². The zero-order valence-corrected chi connectivity index (χ0v) is 8.08. The lowest BCUT2D eigenvalue weighted by Crippen LogP contribution is -2.17. The van der Waals surface area contributed by atoms with Gasteiger partial charge in [-0.1, -0.05) is 6.92 Å². The molecule has 0 aromatic carbocycles. The van der Waals surface area contributed by atoms with Gasteiger partial charge in [0.15, 0.2) is 0 Å². The molecule has 0 aliphatic carbocycles. The normalized spacial score (nSPS) is 14.3. The van der Waals surface area contributed by atoms with E-state index in [0.717, 1.165) is 0 Å². The van der Waals surface area contributed by atoms with Crippen molar-refractivity contribution in [3.63, 3.8) is 0 Å². The number of rotatable bonds is 4. The SMILES string of the molecule is CC(CO)CS(=O)(=O)c1ncc[nH]1. The smallest absolute Gasteiger partial charge is 0.224 e. The first-order valence-corrected chi connectivity index (χ1v) is 5.54. The summed E-state index contributed by atoms with van der Waals surface area (Å²) in [5.41, 5.74) is 0. The Balaban J connectivity index is 2.79. The number of aromatic nitrogens is 2. The first kappa shape index (κ1) is 10.2. The highest BCUT2D eigenvalue weighted by atomic mass is 32.2. The van der Waals surface area contributed by atoms with Gasteiger partial charge in [0.1, 0.15) is 0 Å². The fourth-order valence-electron chi connectivity index (χ4n) is 0.927. The van der Waals surface area contributed by atoms with Crippen LogP contribution in [0.1, 0.15) is 6.92 Å². The molecule has 0 amide bonds. The highest BCUT2D eigenvalue weighted by Crippen LogP contribution is 2.08. The van der Waals surface area contributed by atoms with E-state index in [4.69, 9.17) is 5.11 Å². The number of aromatic amines is 1. The summed E-state index contributed by atoms with van der Waals surface area (Å²) in [5, 5.41) is 8.67. The number of aliphatic hydroxyl groups excluding tert-OH is 1. The van der Waals surface area contributed by atoms with Crippen LogP contribution in [0.15, 0.2) is 17.6 Å². The summed E-state index contributed by atoms with van der Waals surface area (Å²) in [7, 11) is -3.35. The topological polar surface area (TPSA) is 83.0 Å². The van der Waals surface area contributed by atoms with Crippen molar-refractivity contribution < 1.29 is 13.5 Å². The highest BCUT2D eigenvalue weighted by Gasteiger charge is 2.19. The largest absolute Gasteiger partial charge is 0.396 e. The van der Waals surface area contributed by atoms with E-state index < -0.39 is 9.84 Å². The van der Waals surface area contributed by atoms with Crippen molar-refractivity contribution in [2.45, 2.75) is 12.1 Å². The van der Waals surface area contributed by atoms with Crippen molar-refractivity contribution in [2.75, 3.05) is 12.4 Å². The number of nitrogens with one attached hydrogen (secondary N) is 1. The number of aliphatic hydroxyl groups is 1. The van der Waals surface area contributed by atoms with Crippen LogP contribution in [0.5, 0.6) is 0 Å². The van der Waals surface area contributed by atoms with Crippen LogP contribution in [-0.2, 0) is 9.84 Å². The lowest BCUT2D eigenvalue weighted by atomic mass is 10.2. The molecule has 0 bridgehead atoms. The van der Waals surface area contributed by atoms with E-state index in [1.165, 1.54) is 12.4 Å². The van der Waals surface area contributed by atoms with E-state index in [2.05, 4.69) is 9.97 Å². The zero-order chi connectivity index (χ0) is 9.90. The Bertz CT molecular complexity index is 344. The standard InChI is InChI=1S/C7H12N2O3S/c1-6(4-10)5-13(11,12)7-8-2-3-9-7/h2-3,6,10H,4-5H2,1H3,(H,8,9). The zero-order valence-electron chi connectivity index (χ0n) is 7.27. The van der Waals surface area contributed by atoms with Gasteiger partial charge in [0.25, 0.3) is 0 Å². The van der Waals surface area contributed by atoms with Crippen molar-refractivity contribution in [3.05, 3.63) is 12.4 Å². The summed E-state index contributed by atoms with van der Waals surface area (Å²) in [4.78, 5) is 6.18. The van der Waals surface area contributed by atoms with Crippen LogP contribution >= 0.6 is 0 Å². The van der Waals surface area contributed by atoms with E-state index in [9.17, 15) is 8.42 Å². The van der Waals surface area contributed by atoms with Crippen LogP contribution in [0.3, 0.4) is 0 Å². The minimum atomic E-state index is -3.35. The van der Waals surface area contributed by atoms with Gasteiger partial charge in [0.05, 0.1) is 5.75 Å². The molecular formula is C7H12N2O3S. The van der Waals surface area contributed by atoms with Crippen LogP contribution < -0.4 is 0 Å². The number of hydrogen-bond donors (Lipinski definition) is 2. The number of nitrogens with zero attached hydrogens (tertiary/aromatic N) is 1. The van der Waals surface area contributed by atoms with E-state index in [-0.39, 0.29) is 23.4 Å². The maximum atomic E-state index is 11.5. The molecule has 0 aliphatic rings. The number of H-pyrrole nitrogens is 1. The summed E-state index contributed by atoms with van der Waals surface area (Å²) < 4.78 is 22.9. The van der Waals surface area contributed by atoms with Gasteiger partial charge < -0.3 is 10.1 Å². The molecule has 0 fully saturated rings. The minimum Gasteiger partial charge on any atom is -0.396 e. The van der Waals surface area contributed by atoms with Crippen LogP contribution in [0.25, 0.3) is 0 Å². The molecule has 13 heavy (non-hydrogen) atoms. The van der Waals surface area contributed by atoms with E-state index in [0.29, 0.717) is 0 Å². The van der Waals surface area contributed by atoms with Gasteiger partial charge in [0, 0.05) is 19.0 Å². The molecule has 6 heteroatoms. The average Bonchev–Trinajstić information content (AvgIpc) is 2.55. The van der Waals surface area contributed by atoms with E-state index in [1.807, 2.05) is 0 Å². The van der Waals surface area contributed by atoms with Gasteiger partial charge in [-0.3, -0.25) is 0 Å². The predicted octanol–water partition coefficient (Wildman–Crippen LogP) is -0.188. The third kappa shape index (κ3) is 2.53. The van der Waals surface area contributed by atoms with Crippen LogP contribution in [0.4, 0.5) is 0 Å². The molecule has 74 valence electrons. The molecule has 0 aliphatic heterocycles. The predicted molar refractivity (Wildman–Crippen MR) is 46.9 cm³/mol. The van der Waals surface area contributed by atoms with Gasteiger partial charge >= 0.3 is 0 Å². The molecule has 2 N–H and O–H groups in total. The van der Waals surface area contributed by atoms with Gasteiger partial charge in [-0.15, -0.1) is 0 Å². The molecule has 5 nitrogen and oxygen atoms in total. The fourth-order valence-corrected chi connectivity index (χ4v) is 2.41. The lowest BCUT2D eigenvalue weighted by molar-refractivity contribution is 0.249. The fraction of sp³-hybridized carbons (Fsp3) is 0.571. The van der Waals surface area contributed by atoms with Crippen molar-refractivity contribution >= 4 is 9.84 Å². The third-order valence-corrected chi connectivity index (χ3v) is 3.40. The van der Waals surface area contributed by atoms with Gasteiger partial charge in [-0.25, -0.2) is 13.4 Å². The molecule has 1 atom stereocenters. The third-order valence-electron chi connectivity index (χ3n) is 1.58. The number of imidazole rings is 1. The summed E-state index contributed by atoms with van der Waals surface area (Å²) in [6.45, 7) is 1.53. The Morgan fingerprint density at radius 3 is 2.85 bits per heavy atom. The molecule has 1 rings (SSSR count). The molecule has 1 unspecified atom stereocenters. The average molecular weight is 204 g/mol. The first-order chi connectivity index (χ1) is 6.06. The summed E-state index contributed by atoms with van der Waals surface area (Å²) in [6.07, 6.45) is 2.84. The maximum Gasteiger partial charge on any atom is 0.224 e. The Labute approximate surface area is 76.7 Å². The lowest BCUT2D eigenvalue weighted by Gasteiger charge is -2.05. The monoisotopic (exact) mass is 204 g/mol. The highest BCUT2D eigenvalue weighted by molar-refractivity contribution is 7.91. The maximum absolute atomic E-state index is 11.5. The molecule has 0 radical (unpaired) electrons. The molecule has 1 aromatic heterocycles. The van der Waals surface area contributed by atoms with Crippen LogP contribution in [0, 0.1) is 5.92 Å². The quantitative estimate of drug-likeness (QED) is 0.712. The van der Waals surface area contributed by atoms with Gasteiger partial charge in [-0.05, 0) is 5.92 Å². The van der Waals surface area contributed by atoms with Crippen LogP contribution in [0.2, 0.25) is 0 Å². The summed E-state index contributed by atoms with van der Waals surface area (Å²) in [5.74, 6) is -0.355. The van der Waals surface area contributed by atoms with E-state index in [1.54, 1.807) is 6.92 Å². The van der Waals surface area contributed by atoms with Crippen LogP contribution in [-0.4, -0.2) is 35.9 Å². The Morgan fingerprint density at radius 2 is 2.38 bits per heavy atom. The van der Waals surface area contributed by atoms with Crippen molar-refractivity contribution in [1.29, 1.82) is 0 Å². The molecule has 0 saturated heterocycles. The second-order valence-electron chi connectivity index (χ2n) is 2.96. The Morgan fingerprint density at radius 1 is 1.69 bits per heavy atom. The second-order valence-corrected chi connectivity index (χ2v) is 4.91. The number of sulfone groups is 1. The number of hydrogen-bond acceptors (Lipinski definition) is 4. The molecule has 0 saturated carbocycles. The minimum absolute atomic E-state index is 0.0344. The summed E-state index contributed by atoms with van der Waals surface area (Å²) >= 11 is 0. The van der Waals surface area contributed by atoms with Gasteiger partial charge in [-0.2, -0.15) is 0 Å². The van der Waals surface area contributed by atoms with Gasteiger partial charge in [0.2, 0.25) is 15.0 Å². The molecular weight excluding hydrogens is 192 g/mol. The second kappa shape index (κ2) is 3.89. The van der Waals surface area contributed by atoms with Crippen molar-refractivity contribution in [1.82, 2.24) is 9.97 Å². The summed E-state index contributed by atoms with van der Waals surface area (Å²) in [6, 6.07) is 0. The first-order valence-electron chi connectivity index (χ1n) is 3.89.